The van der Waals surface area contributed by atoms with E-state index in [1.54, 1.807) is 6.07 Å². The lowest BCUT2D eigenvalue weighted by atomic mass is 10.1. The number of halogens is 3. The van der Waals surface area contributed by atoms with Crippen molar-refractivity contribution in [3.63, 3.8) is 0 Å². The van der Waals surface area contributed by atoms with E-state index in [0.717, 1.165) is 25.7 Å². The normalized spacial score (nSPS) is 11.8. The van der Waals surface area contributed by atoms with Crippen LogP contribution in [0.5, 0.6) is 0 Å². The van der Waals surface area contributed by atoms with E-state index in [0.29, 0.717) is 12.1 Å². The number of nitrogens with one attached hydrogen (secondary N) is 2. The molecule has 0 saturated heterocycles. The van der Waals surface area contributed by atoms with Crippen molar-refractivity contribution in [2.45, 2.75) is 19.6 Å². The maximum atomic E-state index is 12.4. The Hall–Kier alpha value is -1.07. The fourth-order valence-corrected chi connectivity index (χ4v) is 1.44. The van der Waals surface area contributed by atoms with Gasteiger partial charge in [-0.1, -0.05) is 25.1 Å². The second-order valence-corrected chi connectivity index (χ2v) is 3.73. The summed E-state index contributed by atoms with van der Waals surface area (Å²) in [6.07, 6.45) is -4.26. The van der Waals surface area contributed by atoms with Crippen LogP contribution in [0.25, 0.3) is 0 Å². The molecule has 5 heteroatoms. The van der Waals surface area contributed by atoms with Crippen LogP contribution < -0.4 is 10.6 Å². The topological polar surface area (TPSA) is 24.1 Å². The van der Waals surface area contributed by atoms with E-state index < -0.39 is 11.7 Å². The van der Waals surface area contributed by atoms with Crippen molar-refractivity contribution in [3.8, 4) is 0 Å². The highest BCUT2D eigenvalue weighted by molar-refractivity contribution is 5.25. The first-order valence-electron chi connectivity index (χ1n) is 5.61. The van der Waals surface area contributed by atoms with Crippen LogP contribution in [0.3, 0.4) is 0 Å². The maximum Gasteiger partial charge on any atom is 0.416 e. The molecule has 96 valence electrons. The zero-order valence-corrected chi connectivity index (χ0v) is 9.77. The van der Waals surface area contributed by atoms with E-state index in [-0.39, 0.29) is 0 Å². The highest BCUT2D eigenvalue weighted by Crippen LogP contribution is 2.29. The molecule has 0 fully saturated rings. The number of benzene rings is 1. The predicted molar refractivity (Wildman–Crippen MR) is 61.7 cm³/mol. The smallest absolute Gasteiger partial charge is 0.316 e. The molecule has 17 heavy (non-hydrogen) atoms. The van der Waals surface area contributed by atoms with Gasteiger partial charge in [0.15, 0.2) is 0 Å². The summed E-state index contributed by atoms with van der Waals surface area (Å²) in [7, 11) is 0. The second-order valence-electron chi connectivity index (χ2n) is 3.73. The van der Waals surface area contributed by atoms with Gasteiger partial charge in [-0.25, -0.2) is 0 Å². The molecule has 1 rings (SSSR count). The molecule has 0 heterocycles. The van der Waals surface area contributed by atoms with Crippen LogP contribution in [0.1, 0.15) is 18.1 Å². The fourth-order valence-electron chi connectivity index (χ4n) is 1.44. The molecular weight excluding hydrogens is 229 g/mol. The molecule has 0 aliphatic carbocycles. The standard InChI is InChI=1S/C12H17F3N2/c1-2-16-6-7-17-9-10-4-3-5-11(8-10)12(13,14)15/h3-5,8,16-17H,2,6-7,9H2,1H3. The van der Waals surface area contributed by atoms with Gasteiger partial charge in [0, 0.05) is 19.6 Å². The minimum atomic E-state index is -4.26. The predicted octanol–water partition coefficient (Wildman–Crippen LogP) is 2.40. The lowest BCUT2D eigenvalue weighted by molar-refractivity contribution is -0.137. The van der Waals surface area contributed by atoms with Crippen LogP contribution in [-0.2, 0) is 12.7 Å². The SMILES string of the molecule is CCNCCNCc1cccc(C(F)(F)F)c1. The van der Waals surface area contributed by atoms with Crippen LogP contribution in [0.2, 0.25) is 0 Å². The van der Waals surface area contributed by atoms with E-state index >= 15 is 0 Å². The molecule has 0 aliphatic heterocycles. The van der Waals surface area contributed by atoms with Crippen LogP contribution in [-0.4, -0.2) is 19.6 Å². The first-order chi connectivity index (χ1) is 8.04. The van der Waals surface area contributed by atoms with Gasteiger partial charge in [0.25, 0.3) is 0 Å². The first kappa shape index (κ1) is 14.0. The Bertz CT molecular complexity index is 337. The van der Waals surface area contributed by atoms with E-state index in [2.05, 4.69) is 10.6 Å². The van der Waals surface area contributed by atoms with Gasteiger partial charge in [-0.3, -0.25) is 0 Å². The lowest BCUT2D eigenvalue weighted by Crippen LogP contribution is -2.26. The highest BCUT2D eigenvalue weighted by atomic mass is 19.4. The summed E-state index contributed by atoms with van der Waals surface area (Å²) in [6.45, 7) is 4.91. The molecule has 2 N–H and O–H groups in total. The van der Waals surface area contributed by atoms with Crippen molar-refractivity contribution in [1.29, 1.82) is 0 Å². The van der Waals surface area contributed by atoms with Gasteiger partial charge in [0.05, 0.1) is 5.56 Å². The monoisotopic (exact) mass is 246 g/mol. The third kappa shape index (κ3) is 5.19. The van der Waals surface area contributed by atoms with Gasteiger partial charge in [0.2, 0.25) is 0 Å². The lowest BCUT2D eigenvalue weighted by Gasteiger charge is -2.09. The summed E-state index contributed by atoms with van der Waals surface area (Å²) in [5.41, 5.74) is 0.0554. The van der Waals surface area contributed by atoms with E-state index in [1.807, 2.05) is 6.92 Å². The maximum absolute atomic E-state index is 12.4. The molecule has 0 radical (unpaired) electrons. The van der Waals surface area contributed by atoms with Crippen molar-refractivity contribution < 1.29 is 13.2 Å². The van der Waals surface area contributed by atoms with Crippen LogP contribution >= 0.6 is 0 Å². The average molecular weight is 246 g/mol. The summed E-state index contributed by atoms with van der Waals surface area (Å²) in [5.74, 6) is 0. The number of hydrogen-bond donors (Lipinski definition) is 2. The Labute approximate surface area is 99.2 Å². The summed E-state index contributed by atoms with van der Waals surface area (Å²) in [5, 5.41) is 6.21. The number of rotatable bonds is 6. The Morgan fingerprint density at radius 2 is 1.82 bits per heavy atom. The van der Waals surface area contributed by atoms with Gasteiger partial charge in [-0.2, -0.15) is 13.2 Å². The molecule has 1 aromatic carbocycles. The summed E-state index contributed by atoms with van der Waals surface area (Å²) < 4.78 is 37.3. The van der Waals surface area contributed by atoms with Crippen molar-refractivity contribution in [2.24, 2.45) is 0 Å². The second kappa shape index (κ2) is 6.61. The molecule has 0 saturated carbocycles. The highest BCUT2D eigenvalue weighted by Gasteiger charge is 2.30. The number of alkyl halides is 3. The zero-order valence-electron chi connectivity index (χ0n) is 9.77. The van der Waals surface area contributed by atoms with Gasteiger partial charge in [-0.15, -0.1) is 0 Å². The van der Waals surface area contributed by atoms with Gasteiger partial charge in [0.1, 0.15) is 0 Å². The van der Waals surface area contributed by atoms with Gasteiger partial charge < -0.3 is 10.6 Å². The first-order valence-corrected chi connectivity index (χ1v) is 5.61. The van der Waals surface area contributed by atoms with Crippen LogP contribution in [0.15, 0.2) is 24.3 Å². The summed E-state index contributed by atoms with van der Waals surface area (Å²) in [4.78, 5) is 0. The Morgan fingerprint density at radius 1 is 1.12 bits per heavy atom. The van der Waals surface area contributed by atoms with Gasteiger partial charge >= 0.3 is 6.18 Å². The fraction of sp³-hybridized carbons (Fsp3) is 0.500. The van der Waals surface area contributed by atoms with Crippen molar-refractivity contribution >= 4 is 0 Å². The van der Waals surface area contributed by atoms with Gasteiger partial charge in [-0.05, 0) is 18.2 Å². The third-order valence-corrected chi connectivity index (χ3v) is 2.31. The van der Waals surface area contributed by atoms with Crippen LogP contribution in [0.4, 0.5) is 13.2 Å². The van der Waals surface area contributed by atoms with Crippen molar-refractivity contribution in [3.05, 3.63) is 35.4 Å². The average Bonchev–Trinajstić information content (AvgIpc) is 2.28. The molecule has 0 aromatic heterocycles. The molecular formula is C12H17F3N2. The van der Waals surface area contributed by atoms with E-state index in [1.165, 1.54) is 12.1 Å². The number of hydrogen-bond acceptors (Lipinski definition) is 2. The molecule has 0 spiro atoms. The minimum Gasteiger partial charge on any atom is -0.316 e. The Balaban J connectivity index is 2.44. The quantitative estimate of drug-likeness (QED) is 0.753. The van der Waals surface area contributed by atoms with E-state index in [9.17, 15) is 13.2 Å². The van der Waals surface area contributed by atoms with E-state index in [4.69, 9.17) is 0 Å². The molecule has 1 aromatic rings. The van der Waals surface area contributed by atoms with Crippen molar-refractivity contribution in [2.75, 3.05) is 19.6 Å². The molecule has 0 amide bonds. The molecule has 2 nitrogen and oxygen atoms in total. The minimum absolute atomic E-state index is 0.454. The number of likely N-dealkylation sites (N-methyl/N-ethyl adjacent to an activating group) is 1. The summed E-state index contributed by atoms with van der Waals surface area (Å²) in [6, 6.07) is 5.39. The molecule has 0 bridgehead atoms. The largest absolute Gasteiger partial charge is 0.416 e. The van der Waals surface area contributed by atoms with Crippen LogP contribution in [0, 0.1) is 0 Å². The summed E-state index contributed by atoms with van der Waals surface area (Å²) >= 11 is 0. The molecule has 0 atom stereocenters. The van der Waals surface area contributed by atoms with Crippen molar-refractivity contribution in [1.82, 2.24) is 10.6 Å². The molecule has 0 unspecified atom stereocenters. The Morgan fingerprint density at radius 3 is 2.47 bits per heavy atom. The zero-order chi connectivity index (χ0) is 12.7. The third-order valence-electron chi connectivity index (χ3n) is 2.31. The molecule has 0 aliphatic rings. The Kier molecular flexibility index (Phi) is 5.44.